The van der Waals surface area contributed by atoms with Crippen molar-refractivity contribution >= 4 is 5.97 Å². The van der Waals surface area contributed by atoms with Gasteiger partial charge in [-0.15, -0.1) is 0 Å². The molecule has 1 heterocycles. The molecule has 0 aliphatic carbocycles. The van der Waals surface area contributed by atoms with Crippen LogP contribution in [0.3, 0.4) is 0 Å². The maximum atomic E-state index is 13.4. The fourth-order valence-corrected chi connectivity index (χ4v) is 1.34. The van der Waals surface area contributed by atoms with Gasteiger partial charge in [0.1, 0.15) is 5.97 Å². The molecule has 1 aliphatic heterocycles. The summed E-state index contributed by atoms with van der Waals surface area (Å²) in [6.07, 6.45) is -20.9. The Morgan fingerprint density at radius 3 is 1.13 bits per heavy atom. The van der Waals surface area contributed by atoms with Crippen molar-refractivity contribution in [1.29, 1.82) is 0 Å². The van der Waals surface area contributed by atoms with Crippen LogP contribution in [0.4, 0.5) is 48.3 Å². The first-order valence-electron chi connectivity index (χ1n) is 4.55. The van der Waals surface area contributed by atoms with Crippen molar-refractivity contribution in [1.82, 2.24) is 0 Å². The van der Waals surface area contributed by atoms with Crippen molar-refractivity contribution in [2.24, 2.45) is 0 Å². The van der Waals surface area contributed by atoms with E-state index in [2.05, 4.69) is 9.47 Å². The second-order valence-electron chi connectivity index (χ2n) is 3.79. The van der Waals surface area contributed by atoms with Crippen LogP contribution in [0.25, 0.3) is 0 Å². The first-order valence-corrected chi connectivity index (χ1v) is 4.55. The van der Waals surface area contributed by atoms with E-state index in [0.29, 0.717) is 0 Å². The summed E-state index contributed by atoms with van der Waals surface area (Å²) in [5.41, 5.74) is 0. The molecule has 130 valence electrons. The van der Waals surface area contributed by atoms with E-state index in [1.807, 2.05) is 0 Å². The number of carbonyl (C=O) groups is 1. The SMILES string of the molecule is O=C([O-])C1(C(F)(F)F)OC(F)(C(F)(F)F)C(F)(C(F)(F)F)O1.[K+]. The molecule has 0 bridgehead atoms. The van der Waals surface area contributed by atoms with E-state index >= 15 is 0 Å². The van der Waals surface area contributed by atoms with Gasteiger partial charge in [0, 0.05) is 0 Å². The molecule has 0 aromatic carbocycles. The molecule has 16 heteroatoms. The molecule has 1 saturated heterocycles. The molecule has 23 heavy (non-hydrogen) atoms. The van der Waals surface area contributed by atoms with Crippen molar-refractivity contribution in [2.45, 2.75) is 36.0 Å². The maximum absolute atomic E-state index is 13.4. The number of halogens is 11. The van der Waals surface area contributed by atoms with Crippen molar-refractivity contribution in [3.05, 3.63) is 0 Å². The predicted molar refractivity (Wildman–Crippen MR) is 35.8 cm³/mol. The Balaban J connectivity index is 0.00000484. The third kappa shape index (κ3) is 3.10. The van der Waals surface area contributed by atoms with Gasteiger partial charge in [-0.2, -0.15) is 48.3 Å². The van der Waals surface area contributed by atoms with E-state index in [0.717, 1.165) is 0 Å². The number of hydrogen-bond acceptors (Lipinski definition) is 4. The summed E-state index contributed by atoms with van der Waals surface area (Å²) >= 11 is 0. The van der Waals surface area contributed by atoms with Gasteiger partial charge in [0.25, 0.3) is 0 Å². The minimum atomic E-state index is -7.08. The van der Waals surface area contributed by atoms with E-state index in [4.69, 9.17) is 0 Å². The molecular weight excluding hydrogens is 396 g/mol. The van der Waals surface area contributed by atoms with Gasteiger partial charge in [0.05, 0.1) is 0 Å². The van der Waals surface area contributed by atoms with Crippen molar-refractivity contribution in [3.63, 3.8) is 0 Å². The molecule has 1 aliphatic rings. The van der Waals surface area contributed by atoms with Gasteiger partial charge in [-0.3, -0.25) is 9.47 Å². The normalized spacial score (nSPS) is 35.8. The summed E-state index contributed by atoms with van der Waals surface area (Å²) in [6.45, 7) is 0. The minimum absolute atomic E-state index is 0. The fraction of sp³-hybridized carbons (Fsp3) is 0.857. The second-order valence-corrected chi connectivity index (χ2v) is 3.79. The molecule has 0 saturated carbocycles. The van der Waals surface area contributed by atoms with E-state index in [1.54, 1.807) is 0 Å². The van der Waals surface area contributed by atoms with E-state index < -0.39 is 42.0 Å². The monoisotopic (exact) mass is 396 g/mol. The number of aliphatic carboxylic acids is 1. The van der Waals surface area contributed by atoms with Gasteiger partial charge < -0.3 is 9.90 Å². The average Bonchev–Trinajstić information content (AvgIpc) is 2.49. The first-order chi connectivity index (χ1) is 9.36. The quantitative estimate of drug-likeness (QED) is 0.400. The van der Waals surface area contributed by atoms with Crippen LogP contribution in [0.15, 0.2) is 0 Å². The number of carboxylic acids is 1. The number of carboxylic acid groups (broad SMARTS) is 1. The first kappa shape index (κ1) is 23.3. The Bertz CT molecular complexity index is 456. The van der Waals surface area contributed by atoms with Crippen molar-refractivity contribution < 1.29 is 119 Å². The summed E-state index contributed by atoms with van der Waals surface area (Å²) in [5, 5.41) is 10.3. The summed E-state index contributed by atoms with van der Waals surface area (Å²) in [7, 11) is 0. The Hall–Kier alpha value is 0.256. The van der Waals surface area contributed by atoms with E-state index in [-0.39, 0.29) is 51.4 Å². The molecule has 2 atom stereocenters. The Morgan fingerprint density at radius 1 is 0.739 bits per heavy atom. The Morgan fingerprint density at radius 2 is 1.00 bits per heavy atom. The third-order valence-corrected chi connectivity index (χ3v) is 2.35. The maximum Gasteiger partial charge on any atom is 1.00 e. The van der Waals surface area contributed by atoms with Crippen LogP contribution in [0, 0.1) is 0 Å². The Labute approximate surface area is 160 Å². The van der Waals surface area contributed by atoms with Crippen molar-refractivity contribution in [3.8, 4) is 0 Å². The zero-order valence-corrected chi connectivity index (χ0v) is 13.4. The van der Waals surface area contributed by atoms with Gasteiger partial charge in [-0.25, -0.2) is 0 Å². The van der Waals surface area contributed by atoms with Crippen LogP contribution in [-0.4, -0.2) is 42.0 Å². The van der Waals surface area contributed by atoms with Crippen LogP contribution in [-0.2, 0) is 14.3 Å². The molecule has 0 amide bonds. The average molecular weight is 396 g/mol. The molecular formula is C7F11KO4. The molecule has 1 fully saturated rings. The second kappa shape index (κ2) is 5.91. The summed E-state index contributed by atoms with van der Waals surface area (Å²) in [5.74, 6) is -23.5. The zero-order chi connectivity index (χ0) is 18.0. The summed E-state index contributed by atoms with van der Waals surface area (Å²) in [6, 6.07) is 0. The fourth-order valence-electron chi connectivity index (χ4n) is 1.34. The smallest absolute Gasteiger partial charge is 0.544 e. The molecule has 0 aromatic heterocycles. The number of ether oxygens (including phenoxy) is 2. The van der Waals surface area contributed by atoms with Gasteiger partial charge in [-0.1, -0.05) is 0 Å². The van der Waals surface area contributed by atoms with E-state index in [9.17, 15) is 58.2 Å². The Kier molecular flexibility index (Phi) is 5.97. The standard InChI is InChI=1S/C7HF11O4.K/c8-3(6(13,14)15)4(9,7(16,17)18)22-2(21-3,1(19)20)5(10,11)12;/h(H,19,20);/q;+1/p-1. The number of alkyl halides is 11. The molecule has 0 aromatic rings. The minimum Gasteiger partial charge on any atom is -0.544 e. The largest absolute Gasteiger partial charge is 1.00 e. The molecule has 1 rings (SSSR count). The predicted octanol–water partition coefficient (Wildman–Crippen LogP) is -1.50. The van der Waals surface area contributed by atoms with Gasteiger partial charge >= 0.3 is 87.4 Å². The summed E-state index contributed by atoms with van der Waals surface area (Å²) in [4.78, 5) is 10.3. The molecule has 0 spiro atoms. The van der Waals surface area contributed by atoms with Crippen LogP contribution >= 0.6 is 0 Å². The van der Waals surface area contributed by atoms with Gasteiger partial charge in [0.15, 0.2) is 0 Å². The third-order valence-electron chi connectivity index (χ3n) is 2.35. The number of hydrogen-bond donors (Lipinski definition) is 0. The topological polar surface area (TPSA) is 58.6 Å². The van der Waals surface area contributed by atoms with Crippen LogP contribution in [0.2, 0.25) is 0 Å². The molecule has 4 nitrogen and oxygen atoms in total. The van der Waals surface area contributed by atoms with E-state index in [1.165, 1.54) is 0 Å². The zero-order valence-electron chi connectivity index (χ0n) is 10.3. The number of rotatable bonds is 1. The van der Waals surface area contributed by atoms with Gasteiger partial charge in [0.2, 0.25) is 0 Å². The molecule has 0 radical (unpaired) electrons. The van der Waals surface area contributed by atoms with Crippen LogP contribution < -0.4 is 56.5 Å². The van der Waals surface area contributed by atoms with Crippen LogP contribution in [0.5, 0.6) is 0 Å². The van der Waals surface area contributed by atoms with Crippen molar-refractivity contribution in [2.75, 3.05) is 0 Å². The van der Waals surface area contributed by atoms with Gasteiger partial charge in [-0.05, 0) is 0 Å². The number of carbonyl (C=O) groups excluding carboxylic acids is 1. The molecule has 0 N–H and O–H groups in total. The van der Waals surface area contributed by atoms with Crippen LogP contribution in [0.1, 0.15) is 0 Å². The summed E-state index contributed by atoms with van der Waals surface area (Å²) < 4.78 is 142. The molecule has 2 unspecified atom stereocenters.